The quantitative estimate of drug-likeness (QED) is 0.122. The summed E-state index contributed by atoms with van der Waals surface area (Å²) in [7, 11) is 0. The summed E-state index contributed by atoms with van der Waals surface area (Å²) in [5.74, 6) is 0.592. The minimum absolute atomic E-state index is 0. The van der Waals surface area contributed by atoms with Gasteiger partial charge < -0.3 is 24.8 Å². The molecule has 9 heteroatoms. The Morgan fingerprint density at radius 1 is 0.633 bits per heavy atom. The summed E-state index contributed by atoms with van der Waals surface area (Å²) in [6.45, 7) is 27.3. The molecule has 0 N–H and O–H groups in total. The standard InChI is InChI=1S/C23H29.C15H8F6.C13H21.2ClH.Zr/c1-14-9-16-11-17-10-15(2)21(23(6,7)8)13-19(17)18(16)12-20(14)22(3,4)5;16-14(17,18)12-5-1-3-10(8-12)7-11-4-2-6-13(9-11)15(19,20)21;1-5-6-7-11-8-9-12(10-11)13(2,3)4;;;/h9-13H,1-8H3;1-6,8-9H;9-11H,5-7H2,1-4H3;2*1H;/q-1;;-1;;;+2/p-2. The summed E-state index contributed by atoms with van der Waals surface area (Å²) < 4.78 is 76.7. The summed E-state index contributed by atoms with van der Waals surface area (Å²) in [5, 5.41) is 5.55. The van der Waals surface area contributed by atoms with E-state index in [-0.39, 0.29) is 46.8 Å². The third kappa shape index (κ3) is 13.8. The number of hydrogen-bond acceptors (Lipinski definition) is 0. The Bertz CT molecular complexity index is 2170. The van der Waals surface area contributed by atoms with Crippen LogP contribution in [0.5, 0.6) is 0 Å². The smallest absolute Gasteiger partial charge is 1.00 e. The van der Waals surface area contributed by atoms with Crippen molar-refractivity contribution in [2.45, 2.75) is 126 Å². The van der Waals surface area contributed by atoms with Crippen LogP contribution in [0.25, 0.3) is 21.5 Å². The molecular weight excluding hydrogens is 889 g/mol. The molecule has 1 aliphatic rings. The molecule has 6 rings (SSSR count). The Hall–Kier alpha value is -2.86. The van der Waals surface area contributed by atoms with Crippen molar-refractivity contribution < 1.29 is 75.4 Å². The normalized spacial score (nSPS) is 14.4. The van der Waals surface area contributed by atoms with E-state index >= 15 is 0 Å². The molecule has 1 unspecified atom stereocenters. The van der Waals surface area contributed by atoms with E-state index < -0.39 is 23.5 Å². The fourth-order valence-electron chi connectivity index (χ4n) is 7.39. The van der Waals surface area contributed by atoms with Gasteiger partial charge >= 0.3 is 137 Å². The van der Waals surface area contributed by atoms with Gasteiger partial charge in [-0.25, -0.2) is 6.08 Å². The van der Waals surface area contributed by atoms with Gasteiger partial charge in [0.15, 0.2) is 0 Å². The van der Waals surface area contributed by atoms with Gasteiger partial charge in [-0.1, -0.05) is 134 Å². The molecule has 0 nitrogen and oxygen atoms in total. The van der Waals surface area contributed by atoms with Crippen LogP contribution in [0.15, 0.2) is 96.6 Å². The summed E-state index contributed by atoms with van der Waals surface area (Å²) in [6, 6.07) is 21.1. The second-order valence-corrected chi connectivity index (χ2v) is 19.8. The minimum Gasteiger partial charge on any atom is -1.00 e. The molecule has 1 atom stereocenters. The molecule has 0 radical (unpaired) electrons. The van der Waals surface area contributed by atoms with E-state index in [1.165, 1.54) is 92.9 Å². The molecule has 0 spiro atoms. The van der Waals surface area contributed by atoms with Crippen molar-refractivity contribution in [3.05, 3.63) is 147 Å². The Morgan fingerprint density at radius 2 is 1.05 bits per heavy atom. The average Bonchev–Trinajstić information content (AvgIpc) is 3.73. The predicted molar refractivity (Wildman–Crippen MR) is 228 cm³/mol. The van der Waals surface area contributed by atoms with E-state index in [2.05, 4.69) is 132 Å². The maximum absolute atomic E-state index is 12.7. The molecular formula is C51H58Cl2F6Zr-2. The molecule has 0 heterocycles. The van der Waals surface area contributed by atoms with E-state index in [0.29, 0.717) is 14.5 Å². The fraction of sp³-hybridized carbons (Fsp3) is 0.412. The van der Waals surface area contributed by atoms with Crippen LogP contribution in [0.2, 0.25) is 0 Å². The first kappa shape index (κ1) is 53.3. The summed E-state index contributed by atoms with van der Waals surface area (Å²) in [6.07, 6.45) is 2.90. The molecule has 5 aromatic rings. The summed E-state index contributed by atoms with van der Waals surface area (Å²) in [4.78, 5) is 0. The third-order valence-electron chi connectivity index (χ3n) is 10.5. The van der Waals surface area contributed by atoms with Crippen LogP contribution >= 0.6 is 0 Å². The molecule has 0 aliphatic heterocycles. The van der Waals surface area contributed by atoms with Gasteiger partial charge in [0.1, 0.15) is 0 Å². The maximum atomic E-state index is 12.7. The van der Waals surface area contributed by atoms with Crippen molar-refractivity contribution in [3.8, 4) is 0 Å². The molecule has 0 aromatic heterocycles. The first-order valence-corrected chi connectivity index (χ1v) is 21.2. The average molecular weight is 947 g/mol. The van der Waals surface area contributed by atoms with Crippen LogP contribution in [0.3, 0.4) is 0 Å². The molecule has 324 valence electrons. The van der Waals surface area contributed by atoms with Crippen molar-refractivity contribution in [2.75, 3.05) is 0 Å². The van der Waals surface area contributed by atoms with Gasteiger partial charge in [0, 0.05) is 0 Å². The Morgan fingerprint density at radius 3 is 1.38 bits per heavy atom. The third-order valence-corrected chi connectivity index (χ3v) is 12.0. The van der Waals surface area contributed by atoms with Gasteiger partial charge in [-0.2, -0.15) is 11.6 Å². The number of allylic oxidation sites excluding steroid dienone is 4. The summed E-state index contributed by atoms with van der Waals surface area (Å²) >= 11 is 0.729. The van der Waals surface area contributed by atoms with Gasteiger partial charge in [-0.05, 0) is 24.7 Å². The largest absolute Gasteiger partial charge is 1.00 e. The van der Waals surface area contributed by atoms with Crippen molar-refractivity contribution in [1.29, 1.82) is 0 Å². The molecule has 0 amide bonds. The van der Waals surface area contributed by atoms with Crippen LogP contribution in [0.1, 0.15) is 133 Å². The van der Waals surface area contributed by atoms with Crippen LogP contribution in [0, 0.1) is 31.3 Å². The van der Waals surface area contributed by atoms with Gasteiger partial charge in [0.25, 0.3) is 0 Å². The number of alkyl halides is 6. The maximum Gasteiger partial charge on any atom is -1.00 e. The Labute approximate surface area is 381 Å². The van der Waals surface area contributed by atoms with Crippen molar-refractivity contribution in [3.63, 3.8) is 0 Å². The number of benzene rings is 4. The van der Waals surface area contributed by atoms with Gasteiger partial charge in [-0.15, -0.1) is 39.7 Å². The van der Waals surface area contributed by atoms with Crippen LogP contribution in [-0.4, -0.2) is 3.21 Å². The van der Waals surface area contributed by atoms with Crippen LogP contribution in [-0.2, 0) is 47.4 Å². The van der Waals surface area contributed by atoms with E-state index in [9.17, 15) is 26.3 Å². The van der Waals surface area contributed by atoms with Crippen molar-refractivity contribution >= 4 is 24.8 Å². The van der Waals surface area contributed by atoms with Gasteiger partial charge in [0.05, 0.1) is 0 Å². The SMILES string of the molecule is CCCCC1[C-]=CC(C(C)(C)C)=C1.Cc1cc2[cH-]c3cc(C)c(C(C)(C)C)cc3c2cc1C(C)(C)C.FC(F)(F)c1cccc([C](=[Zr+2])c2cccc(C(F)(F)F)c2)c1.[Cl-].[Cl-]. The van der Waals surface area contributed by atoms with Gasteiger partial charge in [-0.3, -0.25) is 6.08 Å². The summed E-state index contributed by atoms with van der Waals surface area (Å²) in [5.41, 5.74) is 6.71. The zero-order valence-electron chi connectivity index (χ0n) is 36.9. The van der Waals surface area contributed by atoms with Crippen LogP contribution in [0.4, 0.5) is 26.3 Å². The molecule has 0 fully saturated rings. The van der Waals surface area contributed by atoms with Crippen molar-refractivity contribution in [1.82, 2.24) is 0 Å². The first-order chi connectivity index (χ1) is 26.6. The zero-order chi connectivity index (χ0) is 43.6. The first-order valence-electron chi connectivity index (χ1n) is 20.0. The Balaban J connectivity index is 0.000000317. The topological polar surface area (TPSA) is 0 Å². The number of hydrogen-bond donors (Lipinski definition) is 0. The minimum atomic E-state index is -4.49. The molecule has 0 saturated heterocycles. The molecule has 1 aliphatic carbocycles. The van der Waals surface area contributed by atoms with Crippen molar-refractivity contribution in [2.24, 2.45) is 11.3 Å². The molecule has 5 aromatic carbocycles. The van der Waals surface area contributed by atoms with E-state index in [1.54, 1.807) is 0 Å². The van der Waals surface area contributed by atoms with E-state index in [4.69, 9.17) is 0 Å². The Kier molecular flexibility index (Phi) is 18.2. The number of rotatable bonds is 5. The fourth-order valence-corrected chi connectivity index (χ4v) is 8.15. The van der Waals surface area contributed by atoms with Crippen LogP contribution < -0.4 is 24.8 Å². The van der Waals surface area contributed by atoms with Gasteiger partial charge in [0.2, 0.25) is 0 Å². The second kappa shape index (κ2) is 20.6. The zero-order valence-corrected chi connectivity index (χ0v) is 40.9. The monoisotopic (exact) mass is 944 g/mol. The van der Waals surface area contributed by atoms with E-state index in [1.807, 2.05) is 0 Å². The predicted octanol–water partition coefficient (Wildman–Crippen LogP) is 9.91. The number of unbranched alkanes of at least 4 members (excludes halogenated alkanes) is 1. The number of fused-ring (bicyclic) bond motifs is 3. The number of aryl methyl sites for hydroxylation is 2. The molecule has 60 heavy (non-hydrogen) atoms. The van der Waals surface area contributed by atoms with E-state index in [0.717, 1.165) is 48.5 Å². The number of halogens is 8. The second-order valence-electron chi connectivity index (χ2n) is 18.6. The molecule has 0 bridgehead atoms. The molecule has 0 saturated carbocycles.